The topological polar surface area (TPSA) is 75.3 Å². The van der Waals surface area contributed by atoms with E-state index in [9.17, 15) is 9.18 Å². The summed E-state index contributed by atoms with van der Waals surface area (Å²) in [6.45, 7) is 1.74. The van der Waals surface area contributed by atoms with Crippen molar-refractivity contribution in [2.45, 2.75) is 18.2 Å². The number of aliphatic hydroxyl groups is 1. The van der Waals surface area contributed by atoms with Gasteiger partial charge in [0.2, 0.25) is 0 Å². The molecule has 0 aliphatic carbocycles. The molecule has 0 saturated carbocycles. The first kappa shape index (κ1) is 14.8. The van der Waals surface area contributed by atoms with Gasteiger partial charge in [-0.15, -0.1) is 0 Å². The van der Waals surface area contributed by atoms with E-state index in [1.54, 1.807) is 6.92 Å². The van der Waals surface area contributed by atoms with Gasteiger partial charge < -0.3 is 16.2 Å². The zero-order valence-electron chi connectivity index (χ0n) is 10.3. The summed E-state index contributed by atoms with van der Waals surface area (Å²) < 4.78 is 13.2. The second kappa shape index (κ2) is 6.61. The molecule has 0 aliphatic rings. The molecule has 6 heteroatoms. The number of aliphatic hydroxyl groups excluding tert-OH is 1. The van der Waals surface area contributed by atoms with E-state index in [2.05, 4.69) is 5.32 Å². The third-order valence-corrected chi connectivity index (χ3v) is 3.86. The summed E-state index contributed by atoms with van der Waals surface area (Å²) in [7, 11) is 0. The fourth-order valence-electron chi connectivity index (χ4n) is 1.55. The molecule has 4 N–H and O–H groups in total. The van der Waals surface area contributed by atoms with E-state index in [1.165, 1.54) is 30.0 Å². The number of benzene rings is 1. The summed E-state index contributed by atoms with van der Waals surface area (Å²) >= 11 is 1.45. The van der Waals surface area contributed by atoms with Crippen molar-refractivity contribution < 1.29 is 14.3 Å². The van der Waals surface area contributed by atoms with Gasteiger partial charge in [0.1, 0.15) is 5.82 Å². The number of carbonyl (C=O) groups excluding carboxylic acids is 1. The molecule has 0 saturated heterocycles. The summed E-state index contributed by atoms with van der Waals surface area (Å²) in [5, 5.41) is 11.7. The molecule has 1 rings (SSSR count). The molecule has 4 nitrogen and oxygen atoms in total. The van der Waals surface area contributed by atoms with E-state index in [0.717, 1.165) is 0 Å². The van der Waals surface area contributed by atoms with Crippen LogP contribution in [0.4, 0.5) is 10.1 Å². The molecule has 0 heterocycles. The van der Waals surface area contributed by atoms with E-state index < -0.39 is 11.7 Å². The maximum Gasteiger partial charge on any atom is 0.253 e. The Balaban J connectivity index is 2.79. The predicted molar refractivity (Wildman–Crippen MR) is 72.1 cm³/mol. The molecule has 0 aliphatic heterocycles. The minimum atomic E-state index is -0.612. The number of nitrogens with two attached hydrogens (primary N) is 1. The molecule has 0 radical (unpaired) electrons. The molecule has 2 unspecified atom stereocenters. The van der Waals surface area contributed by atoms with E-state index in [-0.39, 0.29) is 29.1 Å². The third-order valence-electron chi connectivity index (χ3n) is 2.70. The van der Waals surface area contributed by atoms with Crippen molar-refractivity contribution in [3.8, 4) is 0 Å². The lowest BCUT2D eigenvalue weighted by Gasteiger charge is -2.21. The minimum absolute atomic E-state index is 0.0404. The number of para-hydroxylation sites is 1. The van der Waals surface area contributed by atoms with Crippen molar-refractivity contribution in [2.24, 2.45) is 0 Å². The standard InChI is InChI=1S/C12H17FN2O2S/c1-7(10(6-16)18-2)15-12(17)8-4-3-5-9(13)11(8)14/h3-5,7,10,16H,6,14H2,1-2H3,(H,15,17). The average Bonchev–Trinajstić information content (AvgIpc) is 2.34. The van der Waals surface area contributed by atoms with Crippen LogP contribution in [0.15, 0.2) is 18.2 Å². The lowest BCUT2D eigenvalue weighted by Crippen LogP contribution is -2.41. The molecule has 18 heavy (non-hydrogen) atoms. The SMILES string of the molecule is CSC(CO)C(C)NC(=O)c1cccc(F)c1N. The number of halogens is 1. The molecular formula is C12H17FN2O2S. The lowest BCUT2D eigenvalue weighted by atomic mass is 10.1. The van der Waals surface area contributed by atoms with Gasteiger partial charge in [0.05, 0.1) is 17.9 Å². The first-order chi connectivity index (χ1) is 8.51. The van der Waals surface area contributed by atoms with Crippen LogP contribution in [-0.2, 0) is 0 Å². The summed E-state index contributed by atoms with van der Waals surface area (Å²) in [4.78, 5) is 11.9. The van der Waals surface area contributed by atoms with Crippen molar-refractivity contribution in [3.05, 3.63) is 29.6 Å². The quantitative estimate of drug-likeness (QED) is 0.705. The van der Waals surface area contributed by atoms with Crippen LogP contribution in [0.3, 0.4) is 0 Å². The monoisotopic (exact) mass is 272 g/mol. The van der Waals surface area contributed by atoms with Gasteiger partial charge in [-0.25, -0.2) is 4.39 Å². The molecule has 1 amide bonds. The maximum atomic E-state index is 13.2. The largest absolute Gasteiger partial charge is 0.396 e. The highest BCUT2D eigenvalue weighted by Crippen LogP contribution is 2.17. The highest BCUT2D eigenvalue weighted by molar-refractivity contribution is 7.99. The zero-order valence-corrected chi connectivity index (χ0v) is 11.1. The molecular weight excluding hydrogens is 255 g/mol. The van der Waals surface area contributed by atoms with Crippen LogP contribution >= 0.6 is 11.8 Å². The second-order valence-corrected chi connectivity index (χ2v) is 5.00. The Bertz CT molecular complexity index is 425. The molecule has 1 aromatic carbocycles. The number of hydrogen-bond acceptors (Lipinski definition) is 4. The van der Waals surface area contributed by atoms with E-state index >= 15 is 0 Å². The summed E-state index contributed by atoms with van der Waals surface area (Å²) in [5.41, 5.74) is 5.46. The van der Waals surface area contributed by atoms with Gasteiger partial charge >= 0.3 is 0 Å². The van der Waals surface area contributed by atoms with Gasteiger partial charge in [-0.05, 0) is 25.3 Å². The second-order valence-electron chi connectivity index (χ2n) is 3.92. The normalized spacial score (nSPS) is 14.0. The zero-order chi connectivity index (χ0) is 13.7. The number of rotatable bonds is 5. The smallest absolute Gasteiger partial charge is 0.253 e. The fourth-order valence-corrected chi connectivity index (χ4v) is 2.17. The summed E-state index contributed by atoms with van der Waals surface area (Å²) in [6.07, 6.45) is 1.85. The fraction of sp³-hybridized carbons (Fsp3) is 0.417. The van der Waals surface area contributed by atoms with E-state index in [4.69, 9.17) is 10.8 Å². The Labute approximate surface area is 110 Å². The Morgan fingerprint density at radius 2 is 2.28 bits per heavy atom. The molecule has 100 valence electrons. The Morgan fingerprint density at radius 1 is 1.61 bits per heavy atom. The van der Waals surface area contributed by atoms with E-state index in [0.29, 0.717) is 0 Å². The number of thioether (sulfide) groups is 1. The molecule has 2 atom stereocenters. The van der Waals surface area contributed by atoms with Crippen LogP contribution in [0.2, 0.25) is 0 Å². The lowest BCUT2D eigenvalue weighted by molar-refractivity contribution is 0.0936. The number of hydrogen-bond donors (Lipinski definition) is 3. The summed E-state index contributed by atoms with van der Waals surface area (Å²) in [5.74, 6) is -1.05. The Morgan fingerprint density at radius 3 is 2.83 bits per heavy atom. The highest BCUT2D eigenvalue weighted by Gasteiger charge is 2.20. The van der Waals surface area contributed by atoms with Gasteiger partial charge in [-0.3, -0.25) is 4.79 Å². The van der Waals surface area contributed by atoms with Gasteiger partial charge in [0.15, 0.2) is 0 Å². The van der Waals surface area contributed by atoms with Gasteiger partial charge in [-0.1, -0.05) is 6.07 Å². The van der Waals surface area contributed by atoms with Gasteiger partial charge in [-0.2, -0.15) is 11.8 Å². The molecule has 1 aromatic rings. The van der Waals surface area contributed by atoms with Crippen LogP contribution in [-0.4, -0.2) is 35.2 Å². The van der Waals surface area contributed by atoms with Crippen LogP contribution in [0.1, 0.15) is 17.3 Å². The van der Waals surface area contributed by atoms with Crippen LogP contribution in [0.25, 0.3) is 0 Å². The molecule has 0 bridgehead atoms. The maximum absolute atomic E-state index is 13.2. The first-order valence-electron chi connectivity index (χ1n) is 5.49. The van der Waals surface area contributed by atoms with Crippen LogP contribution in [0.5, 0.6) is 0 Å². The van der Waals surface area contributed by atoms with E-state index in [1.807, 2.05) is 6.26 Å². The highest BCUT2D eigenvalue weighted by atomic mass is 32.2. The van der Waals surface area contributed by atoms with Crippen LogP contribution in [0, 0.1) is 5.82 Å². The minimum Gasteiger partial charge on any atom is -0.396 e. The molecule has 0 fully saturated rings. The van der Waals surface area contributed by atoms with Crippen molar-refractivity contribution >= 4 is 23.4 Å². The van der Waals surface area contributed by atoms with Crippen LogP contribution < -0.4 is 11.1 Å². The third kappa shape index (κ3) is 3.36. The van der Waals surface area contributed by atoms with Gasteiger partial charge in [0.25, 0.3) is 5.91 Å². The number of amides is 1. The molecule has 0 spiro atoms. The number of nitrogen functional groups attached to an aromatic ring is 1. The van der Waals surface area contributed by atoms with Crippen molar-refractivity contribution in [1.82, 2.24) is 5.32 Å². The molecule has 0 aromatic heterocycles. The Hall–Kier alpha value is -1.27. The van der Waals surface area contributed by atoms with Crippen molar-refractivity contribution in [1.29, 1.82) is 0 Å². The summed E-state index contributed by atoms with van der Waals surface area (Å²) in [6, 6.07) is 3.87. The van der Waals surface area contributed by atoms with Crippen molar-refractivity contribution in [3.63, 3.8) is 0 Å². The Kier molecular flexibility index (Phi) is 5.43. The first-order valence-corrected chi connectivity index (χ1v) is 6.78. The van der Waals surface area contributed by atoms with Crippen molar-refractivity contribution in [2.75, 3.05) is 18.6 Å². The average molecular weight is 272 g/mol. The predicted octanol–water partition coefficient (Wildman–Crippen LogP) is 1.25. The number of anilines is 1. The number of carbonyl (C=O) groups is 1. The number of nitrogens with one attached hydrogen (secondary N) is 1. The van der Waals surface area contributed by atoms with Gasteiger partial charge in [0, 0.05) is 11.3 Å².